The highest BCUT2D eigenvalue weighted by Gasteiger charge is 2.44. The van der Waals surface area contributed by atoms with Crippen LogP contribution in [0.25, 0.3) is 0 Å². The summed E-state index contributed by atoms with van der Waals surface area (Å²) in [7, 11) is 0. The standard InChI is InChI=1S/C30H49N5O2/c1-19-4-3-5-22-15-26(33-27(19)22)30(36)34-29(21-6-7-21)28-20(2)14-24(17-32-28)23-8-9-25(31-16-23)18-35-10-12-37-13-11-35/h3-5,20-21,23-26,28-34,36H,6-18H2,1-2H3. The lowest BCUT2D eigenvalue weighted by Crippen LogP contribution is -2.61. The van der Waals surface area contributed by atoms with Crippen LogP contribution >= 0.6 is 0 Å². The van der Waals surface area contributed by atoms with Gasteiger partial charge in [-0.3, -0.25) is 10.2 Å². The summed E-state index contributed by atoms with van der Waals surface area (Å²) in [6, 6.07) is 7.94. The summed E-state index contributed by atoms with van der Waals surface area (Å²) in [5, 5.41) is 26.5. The molecule has 3 saturated heterocycles. The number of aliphatic hydroxyl groups is 1. The third kappa shape index (κ3) is 6.02. The number of nitrogens with one attached hydrogen (secondary N) is 4. The summed E-state index contributed by atoms with van der Waals surface area (Å²) in [5.41, 5.74) is 3.81. The van der Waals surface area contributed by atoms with E-state index in [2.05, 4.69) is 58.2 Å². The van der Waals surface area contributed by atoms with Gasteiger partial charge in [-0.15, -0.1) is 0 Å². The molecule has 1 aromatic carbocycles. The molecule has 5 aliphatic rings. The van der Waals surface area contributed by atoms with Crippen molar-refractivity contribution in [3.05, 3.63) is 29.3 Å². The van der Waals surface area contributed by atoms with E-state index in [4.69, 9.17) is 4.74 Å². The zero-order chi connectivity index (χ0) is 25.4. The van der Waals surface area contributed by atoms with E-state index in [9.17, 15) is 5.11 Å². The van der Waals surface area contributed by atoms with Gasteiger partial charge in [0.25, 0.3) is 0 Å². The van der Waals surface area contributed by atoms with Gasteiger partial charge in [-0.1, -0.05) is 25.1 Å². The number of anilines is 1. The van der Waals surface area contributed by atoms with Crippen LogP contribution in [0.2, 0.25) is 0 Å². The van der Waals surface area contributed by atoms with Crippen molar-refractivity contribution in [3.8, 4) is 0 Å². The van der Waals surface area contributed by atoms with Crippen LogP contribution in [0.5, 0.6) is 0 Å². The van der Waals surface area contributed by atoms with Crippen molar-refractivity contribution in [2.75, 3.05) is 51.3 Å². The Morgan fingerprint density at radius 2 is 1.89 bits per heavy atom. The molecule has 4 heterocycles. The van der Waals surface area contributed by atoms with Gasteiger partial charge in [-0.25, -0.2) is 0 Å². The van der Waals surface area contributed by atoms with Gasteiger partial charge in [0.15, 0.2) is 0 Å². The summed E-state index contributed by atoms with van der Waals surface area (Å²) in [5.74, 6) is 2.83. The highest BCUT2D eigenvalue weighted by molar-refractivity contribution is 5.62. The van der Waals surface area contributed by atoms with Crippen molar-refractivity contribution in [1.82, 2.24) is 20.9 Å². The molecular weight excluding hydrogens is 462 g/mol. The van der Waals surface area contributed by atoms with E-state index in [0.29, 0.717) is 30.0 Å². The first-order valence-electron chi connectivity index (χ1n) is 15.1. The van der Waals surface area contributed by atoms with Gasteiger partial charge in [0.1, 0.15) is 6.23 Å². The number of aryl methyl sites for hydroxylation is 1. The van der Waals surface area contributed by atoms with E-state index in [-0.39, 0.29) is 6.04 Å². The van der Waals surface area contributed by atoms with Crippen LogP contribution in [-0.2, 0) is 11.2 Å². The predicted octanol–water partition coefficient (Wildman–Crippen LogP) is 2.33. The monoisotopic (exact) mass is 511 g/mol. The molecule has 0 amide bonds. The normalized spacial score (nSPS) is 36.5. The van der Waals surface area contributed by atoms with Gasteiger partial charge >= 0.3 is 0 Å². The lowest BCUT2D eigenvalue weighted by molar-refractivity contribution is 0.0292. The molecule has 0 bridgehead atoms. The molecule has 0 aromatic heterocycles. The van der Waals surface area contributed by atoms with Gasteiger partial charge in [-0.2, -0.15) is 0 Å². The first kappa shape index (κ1) is 26.0. The van der Waals surface area contributed by atoms with Crippen LogP contribution in [0.15, 0.2) is 18.2 Å². The third-order valence-corrected chi connectivity index (χ3v) is 10.1. The van der Waals surface area contributed by atoms with Crippen LogP contribution in [0.3, 0.4) is 0 Å². The molecule has 8 atom stereocenters. The summed E-state index contributed by atoms with van der Waals surface area (Å²) < 4.78 is 5.51. The first-order valence-corrected chi connectivity index (χ1v) is 15.1. The van der Waals surface area contributed by atoms with E-state index in [1.54, 1.807) is 0 Å². The zero-order valence-electron chi connectivity index (χ0n) is 22.9. The topological polar surface area (TPSA) is 80.8 Å². The summed E-state index contributed by atoms with van der Waals surface area (Å²) >= 11 is 0. The molecule has 6 rings (SSSR count). The Labute approximate surface area is 223 Å². The second kappa shape index (κ2) is 11.5. The molecule has 0 spiro atoms. The van der Waals surface area contributed by atoms with Gasteiger partial charge in [-0.05, 0) is 93.3 Å². The number of nitrogens with zero attached hydrogens (tertiary/aromatic N) is 1. The molecule has 1 aliphatic carbocycles. The first-order chi connectivity index (χ1) is 18.0. The van der Waals surface area contributed by atoms with Crippen molar-refractivity contribution in [3.63, 3.8) is 0 Å². The second-order valence-electron chi connectivity index (χ2n) is 12.8. The third-order valence-electron chi connectivity index (χ3n) is 10.1. The molecule has 7 nitrogen and oxygen atoms in total. The minimum Gasteiger partial charge on any atom is -0.379 e. The Morgan fingerprint density at radius 1 is 1.08 bits per heavy atom. The molecule has 37 heavy (non-hydrogen) atoms. The number of fused-ring (bicyclic) bond motifs is 1. The molecule has 206 valence electrons. The van der Waals surface area contributed by atoms with Crippen molar-refractivity contribution in [2.24, 2.45) is 23.7 Å². The van der Waals surface area contributed by atoms with Gasteiger partial charge in [0.05, 0.1) is 19.3 Å². The number of piperidine rings is 2. The van der Waals surface area contributed by atoms with E-state index >= 15 is 0 Å². The SMILES string of the molecule is Cc1cccc2c1NC(C(O)NC(C1CC1)C1NCC(C3CCC(CN4CCOCC4)NC3)CC1C)C2. The average Bonchev–Trinajstić information content (AvgIpc) is 3.66. The number of ether oxygens (including phenoxy) is 1. The highest BCUT2D eigenvalue weighted by atomic mass is 16.5. The molecule has 5 N–H and O–H groups in total. The molecular formula is C30H49N5O2. The summed E-state index contributed by atoms with van der Waals surface area (Å²) in [6.07, 6.45) is 6.87. The van der Waals surface area contributed by atoms with Crippen LogP contribution in [-0.4, -0.2) is 86.3 Å². The smallest absolute Gasteiger partial charge is 0.125 e. The fraction of sp³-hybridized carbons (Fsp3) is 0.800. The van der Waals surface area contributed by atoms with E-state index in [1.165, 1.54) is 55.5 Å². The van der Waals surface area contributed by atoms with Gasteiger partial charge in [0, 0.05) is 43.4 Å². The Balaban J connectivity index is 0.993. The van der Waals surface area contributed by atoms with Crippen LogP contribution in [0.1, 0.15) is 50.2 Å². The maximum atomic E-state index is 11.3. The van der Waals surface area contributed by atoms with Gasteiger partial charge < -0.3 is 25.8 Å². The second-order valence-corrected chi connectivity index (χ2v) is 12.8. The largest absolute Gasteiger partial charge is 0.379 e. The summed E-state index contributed by atoms with van der Waals surface area (Å²) in [6.45, 7) is 12.0. The van der Waals surface area contributed by atoms with Crippen molar-refractivity contribution < 1.29 is 9.84 Å². The molecule has 4 aliphatic heterocycles. The van der Waals surface area contributed by atoms with E-state index < -0.39 is 6.23 Å². The average molecular weight is 512 g/mol. The number of aliphatic hydroxyl groups excluding tert-OH is 1. The Bertz CT molecular complexity index is 896. The molecule has 7 heteroatoms. The number of morpholine rings is 1. The number of rotatable bonds is 8. The predicted molar refractivity (Wildman–Crippen MR) is 149 cm³/mol. The molecule has 0 radical (unpaired) electrons. The van der Waals surface area contributed by atoms with Crippen molar-refractivity contribution in [2.45, 2.75) is 82.8 Å². The van der Waals surface area contributed by atoms with E-state index in [0.717, 1.165) is 57.6 Å². The Morgan fingerprint density at radius 3 is 2.59 bits per heavy atom. The molecule has 1 aromatic rings. The van der Waals surface area contributed by atoms with Crippen molar-refractivity contribution in [1.29, 1.82) is 0 Å². The van der Waals surface area contributed by atoms with E-state index in [1.807, 2.05) is 0 Å². The maximum absolute atomic E-state index is 11.3. The zero-order valence-corrected chi connectivity index (χ0v) is 22.9. The number of para-hydroxylation sites is 1. The fourth-order valence-corrected chi connectivity index (χ4v) is 7.70. The number of hydrogen-bond donors (Lipinski definition) is 5. The highest BCUT2D eigenvalue weighted by Crippen LogP contribution is 2.40. The van der Waals surface area contributed by atoms with Crippen LogP contribution in [0.4, 0.5) is 5.69 Å². The lowest BCUT2D eigenvalue weighted by atomic mass is 9.74. The lowest BCUT2D eigenvalue weighted by Gasteiger charge is -2.45. The quantitative estimate of drug-likeness (QED) is 0.343. The minimum absolute atomic E-state index is 0.0442. The molecule has 4 fully saturated rings. The Kier molecular flexibility index (Phi) is 8.08. The summed E-state index contributed by atoms with van der Waals surface area (Å²) in [4.78, 5) is 2.57. The molecule has 8 unspecified atom stereocenters. The number of hydrogen-bond acceptors (Lipinski definition) is 7. The fourth-order valence-electron chi connectivity index (χ4n) is 7.70. The maximum Gasteiger partial charge on any atom is 0.125 e. The van der Waals surface area contributed by atoms with Gasteiger partial charge in [0.2, 0.25) is 0 Å². The van der Waals surface area contributed by atoms with Crippen molar-refractivity contribution >= 4 is 5.69 Å². The number of benzene rings is 1. The minimum atomic E-state index is -0.532. The Hall–Kier alpha value is -1.22. The van der Waals surface area contributed by atoms with Crippen LogP contribution < -0.4 is 21.3 Å². The molecule has 1 saturated carbocycles. The van der Waals surface area contributed by atoms with Crippen LogP contribution in [0, 0.1) is 30.6 Å².